The molecule has 0 atom stereocenters. The molecule has 0 aliphatic rings. The van der Waals surface area contributed by atoms with Crippen LogP contribution in [0.2, 0.25) is 0 Å². The molecule has 2 heterocycles. The van der Waals surface area contributed by atoms with E-state index in [0.29, 0.717) is 0 Å². The third-order valence-corrected chi connectivity index (χ3v) is 2.67. The van der Waals surface area contributed by atoms with Gasteiger partial charge in [0.1, 0.15) is 12.4 Å². The van der Waals surface area contributed by atoms with E-state index < -0.39 is 6.02 Å². The van der Waals surface area contributed by atoms with Gasteiger partial charge in [0.25, 0.3) is 6.20 Å². The molecule has 1 aromatic carbocycles. The Morgan fingerprint density at radius 3 is 2.76 bits per heavy atom. The fourth-order valence-corrected chi connectivity index (χ4v) is 1.70. The van der Waals surface area contributed by atoms with Crippen molar-refractivity contribution in [1.82, 2.24) is 9.84 Å². The van der Waals surface area contributed by atoms with Gasteiger partial charge in [-0.1, -0.05) is 18.2 Å². The summed E-state index contributed by atoms with van der Waals surface area (Å²) in [6.45, 7) is 0. The first-order chi connectivity index (χ1) is 9.72. The van der Waals surface area contributed by atoms with Gasteiger partial charge in [0, 0.05) is 12.1 Å². The summed E-state index contributed by atoms with van der Waals surface area (Å²) in [5.74, 6) is 0.148. The van der Waals surface area contributed by atoms with Crippen molar-refractivity contribution >= 4 is 11.9 Å². The molecule has 0 unspecified atom stereocenters. The number of nitrogens with zero attached hydrogens (tertiary/aromatic N) is 5. The Morgan fingerprint density at radius 2 is 2.10 bits per heavy atom. The maximum absolute atomic E-state index is 11.9. The number of halogens is 1. The molecule has 21 heavy (non-hydrogen) atoms. The normalized spacial score (nSPS) is 11.2. The zero-order valence-electron chi connectivity index (χ0n) is 11.1. The number of aromatic nitrogens is 4. The van der Waals surface area contributed by atoms with E-state index in [4.69, 9.17) is 4.52 Å². The standard InChI is InChI=1S/C13H12N5O2.HI/c1-16-7-8-17(10-16)13(19)14-12-9-18(15-20-12)11-5-3-2-4-6-11;/h2-10H,1H3;1H/q+1;/p-1. The lowest BCUT2D eigenvalue weighted by Crippen LogP contribution is -3.00. The van der Waals surface area contributed by atoms with Crippen molar-refractivity contribution in [3.05, 3.63) is 55.2 Å². The van der Waals surface area contributed by atoms with Crippen LogP contribution in [0.15, 0.2) is 64.8 Å². The van der Waals surface area contributed by atoms with Crippen LogP contribution in [0.3, 0.4) is 0 Å². The minimum absolute atomic E-state index is 0. The van der Waals surface area contributed by atoms with Crippen LogP contribution < -0.4 is 38.3 Å². The number of hydrogen-bond donors (Lipinski definition) is 0. The monoisotopic (exact) mass is 397 g/mol. The topological polar surface area (TPSA) is 74.1 Å². The molecule has 3 aromatic rings. The molecule has 0 fully saturated rings. The first-order valence-corrected chi connectivity index (χ1v) is 5.96. The van der Waals surface area contributed by atoms with Crippen molar-refractivity contribution in [1.29, 1.82) is 0 Å². The lowest BCUT2D eigenvalue weighted by molar-refractivity contribution is -0.670. The van der Waals surface area contributed by atoms with E-state index in [1.54, 1.807) is 29.5 Å². The third kappa shape index (κ3) is 3.45. The summed E-state index contributed by atoms with van der Waals surface area (Å²) in [4.78, 5) is 3.85. The molecule has 108 valence electrons. The van der Waals surface area contributed by atoms with Gasteiger partial charge in [-0.25, -0.2) is 4.57 Å². The molecule has 0 spiro atoms. The van der Waals surface area contributed by atoms with Crippen molar-refractivity contribution in [2.24, 2.45) is 12.0 Å². The van der Waals surface area contributed by atoms with Crippen molar-refractivity contribution < 1.29 is 42.9 Å². The van der Waals surface area contributed by atoms with Crippen LogP contribution in [0, 0.1) is 0 Å². The molecule has 0 aliphatic heterocycles. The van der Waals surface area contributed by atoms with Crippen molar-refractivity contribution in [2.75, 3.05) is 0 Å². The molecule has 7 nitrogen and oxygen atoms in total. The lowest BCUT2D eigenvalue weighted by Gasteiger charge is -2.01. The molecule has 2 aromatic heterocycles. The van der Waals surface area contributed by atoms with Gasteiger partial charge < -0.3 is 29.1 Å². The Labute approximate surface area is 137 Å². The number of aryl methyl sites for hydroxylation is 1. The highest BCUT2D eigenvalue weighted by Crippen LogP contribution is 2.08. The second-order valence-corrected chi connectivity index (χ2v) is 4.20. The number of imidazole rings is 1. The van der Waals surface area contributed by atoms with E-state index in [9.17, 15) is 5.11 Å². The van der Waals surface area contributed by atoms with Crippen LogP contribution in [0.5, 0.6) is 0 Å². The Morgan fingerprint density at radius 1 is 1.33 bits per heavy atom. The summed E-state index contributed by atoms with van der Waals surface area (Å²) in [5.41, 5.74) is 0.831. The minimum Gasteiger partial charge on any atom is -1.00 e. The molecule has 0 amide bonds. The van der Waals surface area contributed by atoms with E-state index in [1.807, 2.05) is 37.4 Å². The third-order valence-electron chi connectivity index (χ3n) is 2.67. The fraction of sp³-hybridized carbons (Fsp3) is 0.0769. The number of aliphatic imine (C=N–C) groups is 1. The summed E-state index contributed by atoms with van der Waals surface area (Å²) in [6, 6.07) is 8.99. The molecule has 3 rings (SSSR count). The SMILES string of the molecule is C[n+]1ccn(/C([O-])=N/c2c[n+](-c3ccccc3)no2)c1.[I-]. The van der Waals surface area contributed by atoms with Crippen molar-refractivity contribution in [3.8, 4) is 5.69 Å². The second kappa shape index (κ2) is 6.48. The van der Waals surface area contributed by atoms with E-state index >= 15 is 0 Å². The van der Waals surface area contributed by atoms with Crippen LogP contribution in [-0.4, -0.2) is 15.9 Å². The summed E-state index contributed by atoms with van der Waals surface area (Å²) in [5, 5.41) is 15.7. The first kappa shape index (κ1) is 15.2. The molecule has 0 radical (unpaired) electrons. The predicted molar refractivity (Wildman–Crippen MR) is 66.1 cm³/mol. The maximum Gasteiger partial charge on any atom is 0.324 e. The zero-order valence-corrected chi connectivity index (χ0v) is 13.3. The highest BCUT2D eigenvalue weighted by molar-refractivity contribution is 5.73. The maximum atomic E-state index is 11.9. The number of hydrogen-bond acceptors (Lipinski definition) is 4. The number of para-hydroxylation sites is 1. The van der Waals surface area contributed by atoms with Gasteiger partial charge in [0.05, 0.1) is 7.05 Å². The van der Waals surface area contributed by atoms with Crippen LogP contribution in [-0.2, 0) is 7.05 Å². The molecule has 0 bridgehead atoms. The molecular weight excluding hydrogens is 385 g/mol. The zero-order chi connectivity index (χ0) is 13.9. The lowest BCUT2D eigenvalue weighted by atomic mass is 10.3. The van der Waals surface area contributed by atoms with E-state index in [2.05, 4.69) is 10.3 Å². The summed E-state index contributed by atoms with van der Waals surface area (Å²) >= 11 is 0. The predicted octanol–water partition coefficient (Wildman–Crippen LogP) is -3.52. The minimum atomic E-state index is -0.443. The Bertz CT molecular complexity index is 751. The van der Waals surface area contributed by atoms with Crippen molar-refractivity contribution in [2.45, 2.75) is 0 Å². The highest BCUT2D eigenvalue weighted by atomic mass is 127. The molecule has 0 saturated carbocycles. The van der Waals surface area contributed by atoms with E-state index in [0.717, 1.165) is 5.69 Å². The summed E-state index contributed by atoms with van der Waals surface area (Å²) < 4.78 is 9.64. The number of rotatable bonds is 2. The van der Waals surface area contributed by atoms with Gasteiger partial charge in [-0.3, -0.25) is 4.52 Å². The first-order valence-electron chi connectivity index (χ1n) is 5.96. The Balaban J connectivity index is 0.00000161. The van der Waals surface area contributed by atoms with E-state index in [-0.39, 0.29) is 29.9 Å². The smallest absolute Gasteiger partial charge is 0.324 e. The quantitative estimate of drug-likeness (QED) is 0.195. The molecule has 0 aliphatic carbocycles. The van der Waals surface area contributed by atoms with Crippen LogP contribution >= 0.6 is 0 Å². The Kier molecular flexibility index (Phi) is 4.68. The van der Waals surface area contributed by atoms with E-state index in [1.165, 1.54) is 9.25 Å². The van der Waals surface area contributed by atoms with Gasteiger partial charge in [0.15, 0.2) is 6.02 Å². The van der Waals surface area contributed by atoms with Gasteiger partial charge in [-0.15, -0.1) is 0 Å². The van der Waals surface area contributed by atoms with Gasteiger partial charge in [-0.2, -0.15) is 9.56 Å². The molecule has 0 saturated heterocycles. The number of benzene rings is 1. The summed E-state index contributed by atoms with van der Waals surface area (Å²) in [7, 11) is 1.82. The Hall–Kier alpha value is -2.23. The van der Waals surface area contributed by atoms with Crippen LogP contribution in [0.1, 0.15) is 0 Å². The summed E-state index contributed by atoms with van der Waals surface area (Å²) in [6.07, 6.45) is 6.54. The molecular formula is C13H12IN5O2. The van der Waals surface area contributed by atoms with Crippen molar-refractivity contribution in [3.63, 3.8) is 0 Å². The van der Waals surface area contributed by atoms with Crippen LogP contribution in [0.25, 0.3) is 5.69 Å². The average molecular weight is 397 g/mol. The fourth-order valence-electron chi connectivity index (χ4n) is 1.70. The average Bonchev–Trinajstić information content (AvgIpc) is 3.09. The molecule has 8 heteroatoms. The van der Waals surface area contributed by atoms with Gasteiger partial charge in [-0.05, 0) is 4.68 Å². The largest absolute Gasteiger partial charge is 1.00 e. The molecule has 0 N–H and O–H groups in total. The highest BCUT2D eigenvalue weighted by Gasteiger charge is 2.14. The second-order valence-electron chi connectivity index (χ2n) is 4.20. The van der Waals surface area contributed by atoms with Gasteiger partial charge >= 0.3 is 5.88 Å². The van der Waals surface area contributed by atoms with Crippen LogP contribution in [0.4, 0.5) is 5.88 Å². The van der Waals surface area contributed by atoms with Gasteiger partial charge in [0.2, 0.25) is 17.3 Å².